The van der Waals surface area contributed by atoms with Crippen molar-refractivity contribution < 1.29 is 23.9 Å². The lowest BCUT2D eigenvalue weighted by Crippen LogP contribution is -2.52. The molecular formula is C23H29N3O5. The van der Waals surface area contributed by atoms with Crippen LogP contribution in [0, 0.1) is 5.92 Å². The predicted molar refractivity (Wildman–Crippen MR) is 111 cm³/mol. The molecule has 2 N–H and O–H groups in total. The third-order valence-electron chi connectivity index (χ3n) is 6.86. The molecule has 4 aliphatic rings. The van der Waals surface area contributed by atoms with Crippen molar-refractivity contribution in [2.24, 2.45) is 5.92 Å². The molecule has 8 nitrogen and oxygen atoms in total. The second-order valence-electron chi connectivity index (χ2n) is 9.08. The quantitative estimate of drug-likeness (QED) is 0.666. The van der Waals surface area contributed by atoms with Gasteiger partial charge in [-0.1, -0.05) is 6.42 Å². The van der Waals surface area contributed by atoms with E-state index >= 15 is 0 Å². The molecular weight excluding hydrogens is 398 g/mol. The number of rotatable bonds is 6. The number of amides is 3. The molecule has 3 atom stereocenters. The van der Waals surface area contributed by atoms with Gasteiger partial charge in [0.15, 0.2) is 0 Å². The van der Waals surface area contributed by atoms with Crippen molar-refractivity contribution in [3.05, 3.63) is 29.3 Å². The van der Waals surface area contributed by atoms with E-state index in [-0.39, 0.29) is 30.2 Å². The fraction of sp³-hybridized carbons (Fsp3) is 0.609. The van der Waals surface area contributed by atoms with Crippen LogP contribution >= 0.6 is 0 Å². The molecule has 0 bridgehead atoms. The molecule has 31 heavy (non-hydrogen) atoms. The van der Waals surface area contributed by atoms with Gasteiger partial charge < -0.3 is 19.7 Å². The van der Waals surface area contributed by atoms with Crippen LogP contribution in [-0.2, 0) is 20.9 Å². The minimum absolute atomic E-state index is 0.108. The lowest BCUT2D eigenvalue weighted by Gasteiger charge is -2.35. The molecule has 0 spiro atoms. The Hall–Kier alpha value is -2.45. The predicted octanol–water partition coefficient (Wildman–Crippen LogP) is 1.37. The third kappa shape index (κ3) is 4.19. The summed E-state index contributed by atoms with van der Waals surface area (Å²) >= 11 is 0. The van der Waals surface area contributed by atoms with Gasteiger partial charge in [0.1, 0.15) is 17.9 Å². The average Bonchev–Trinajstić information content (AvgIpc) is 3.04. The number of piperidine rings is 1. The van der Waals surface area contributed by atoms with Crippen LogP contribution in [0.2, 0.25) is 0 Å². The van der Waals surface area contributed by atoms with Crippen molar-refractivity contribution in [1.82, 2.24) is 15.5 Å². The highest BCUT2D eigenvalue weighted by atomic mass is 16.5. The highest BCUT2D eigenvalue weighted by Crippen LogP contribution is 2.32. The van der Waals surface area contributed by atoms with Crippen molar-refractivity contribution >= 4 is 17.7 Å². The number of nitrogens with one attached hydrogen (secondary N) is 2. The molecule has 1 saturated carbocycles. The Balaban J connectivity index is 1.25. The molecule has 166 valence electrons. The Morgan fingerprint density at radius 2 is 1.97 bits per heavy atom. The maximum atomic E-state index is 12.9. The Kier molecular flexibility index (Phi) is 5.67. The van der Waals surface area contributed by atoms with E-state index in [1.165, 1.54) is 6.42 Å². The van der Waals surface area contributed by atoms with Crippen LogP contribution in [0.5, 0.6) is 5.75 Å². The van der Waals surface area contributed by atoms with E-state index in [0.717, 1.165) is 50.3 Å². The SMILES string of the molecule is O=C1CCC(N2Cc3cc(O[C@H]4CCCC[C@@H]4NCC4COC4)ccc3C2=O)C(=O)N1. The zero-order valence-electron chi connectivity index (χ0n) is 17.6. The molecule has 3 fully saturated rings. The number of imide groups is 1. The van der Waals surface area contributed by atoms with Crippen LogP contribution in [0.3, 0.4) is 0 Å². The number of nitrogens with zero attached hydrogens (tertiary/aromatic N) is 1. The summed E-state index contributed by atoms with van der Waals surface area (Å²) in [6, 6.07) is 5.32. The normalized spacial score (nSPS) is 28.8. The molecule has 2 saturated heterocycles. The van der Waals surface area contributed by atoms with E-state index in [4.69, 9.17) is 9.47 Å². The van der Waals surface area contributed by atoms with Gasteiger partial charge in [-0.2, -0.15) is 0 Å². The Labute approximate surface area is 181 Å². The molecule has 1 aromatic rings. The van der Waals surface area contributed by atoms with Gasteiger partial charge in [-0.05, 0) is 49.4 Å². The first-order valence-electron chi connectivity index (χ1n) is 11.3. The van der Waals surface area contributed by atoms with Gasteiger partial charge in [0, 0.05) is 37.0 Å². The summed E-state index contributed by atoms with van der Waals surface area (Å²) in [4.78, 5) is 38.1. The zero-order chi connectivity index (χ0) is 21.4. The topological polar surface area (TPSA) is 97.0 Å². The molecule has 1 unspecified atom stereocenters. The zero-order valence-corrected chi connectivity index (χ0v) is 17.6. The van der Waals surface area contributed by atoms with Crippen LogP contribution < -0.4 is 15.4 Å². The second-order valence-corrected chi connectivity index (χ2v) is 9.08. The molecule has 3 amide bonds. The lowest BCUT2D eigenvalue weighted by atomic mass is 9.91. The molecule has 1 aromatic carbocycles. The van der Waals surface area contributed by atoms with Crippen LogP contribution in [0.15, 0.2) is 18.2 Å². The second kappa shape index (κ2) is 8.59. The molecule has 0 radical (unpaired) electrons. The maximum Gasteiger partial charge on any atom is 0.255 e. The van der Waals surface area contributed by atoms with E-state index in [2.05, 4.69) is 10.6 Å². The number of carbonyl (C=O) groups is 3. The Bertz CT molecular complexity index is 884. The van der Waals surface area contributed by atoms with Gasteiger partial charge in [-0.25, -0.2) is 0 Å². The van der Waals surface area contributed by atoms with Gasteiger partial charge >= 0.3 is 0 Å². The van der Waals surface area contributed by atoms with Crippen molar-refractivity contribution in [1.29, 1.82) is 0 Å². The summed E-state index contributed by atoms with van der Waals surface area (Å²) in [6.45, 7) is 3.01. The summed E-state index contributed by atoms with van der Waals surface area (Å²) < 4.78 is 11.6. The minimum atomic E-state index is -0.593. The van der Waals surface area contributed by atoms with Gasteiger partial charge in [0.25, 0.3) is 5.91 Å². The molecule has 0 aromatic heterocycles. The van der Waals surface area contributed by atoms with E-state index in [0.29, 0.717) is 30.5 Å². The molecule has 3 heterocycles. The third-order valence-corrected chi connectivity index (χ3v) is 6.86. The van der Waals surface area contributed by atoms with E-state index < -0.39 is 6.04 Å². The smallest absolute Gasteiger partial charge is 0.255 e. The van der Waals surface area contributed by atoms with Crippen molar-refractivity contribution in [2.45, 2.75) is 63.3 Å². The van der Waals surface area contributed by atoms with Crippen LogP contribution in [-0.4, -0.2) is 60.6 Å². The fourth-order valence-corrected chi connectivity index (χ4v) is 4.99. The van der Waals surface area contributed by atoms with E-state index in [1.807, 2.05) is 12.1 Å². The average molecular weight is 428 g/mol. The molecule has 3 aliphatic heterocycles. The Morgan fingerprint density at radius 3 is 2.74 bits per heavy atom. The highest BCUT2D eigenvalue weighted by molar-refractivity contribution is 6.05. The number of carbonyl (C=O) groups excluding carboxylic acids is 3. The van der Waals surface area contributed by atoms with Crippen molar-refractivity contribution in [2.75, 3.05) is 19.8 Å². The van der Waals surface area contributed by atoms with Gasteiger partial charge in [-0.15, -0.1) is 0 Å². The lowest BCUT2D eigenvalue weighted by molar-refractivity contribution is -0.136. The van der Waals surface area contributed by atoms with Gasteiger partial charge in [0.05, 0.1) is 13.2 Å². The highest BCUT2D eigenvalue weighted by Gasteiger charge is 2.39. The van der Waals surface area contributed by atoms with Crippen LogP contribution in [0.1, 0.15) is 54.4 Å². The van der Waals surface area contributed by atoms with E-state index in [1.54, 1.807) is 11.0 Å². The maximum absolute atomic E-state index is 12.9. The first-order valence-corrected chi connectivity index (χ1v) is 11.3. The number of benzene rings is 1. The number of ether oxygens (including phenoxy) is 2. The monoisotopic (exact) mass is 427 g/mol. The molecule has 8 heteroatoms. The Morgan fingerprint density at radius 1 is 1.13 bits per heavy atom. The standard InChI is InChI=1S/C23H29N3O5/c27-21-8-7-19(22(28)25-21)26-11-15-9-16(5-6-17(15)23(26)29)31-20-4-2-1-3-18(20)24-10-14-12-30-13-14/h5-6,9,14,18-20,24H,1-4,7-8,10-13H2,(H,25,27,28)/t18-,19?,20-/m0/s1. The van der Waals surface area contributed by atoms with E-state index in [9.17, 15) is 14.4 Å². The fourth-order valence-electron chi connectivity index (χ4n) is 4.99. The summed E-state index contributed by atoms with van der Waals surface area (Å²) in [6.07, 6.45) is 5.21. The first-order chi connectivity index (χ1) is 15.1. The minimum Gasteiger partial charge on any atom is -0.489 e. The van der Waals surface area contributed by atoms with Crippen LogP contribution in [0.4, 0.5) is 0 Å². The largest absolute Gasteiger partial charge is 0.489 e. The number of hydrogen-bond donors (Lipinski definition) is 2. The summed E-state index contributed by atoms with van der Waals surface area (Å²) in [7, 11) is 0. The molecule has 5 rings (SSSR count). The number of fused-ring (bicyclic) bond motifs is 1. The van der Waals surface area contributed by atoms with Gasteiger partial charge in [-0.3, -0.25) is 19.7 Å². The number of hydrogen-bond acceptors (Lipinski definition) is 6. The summed E-state index contributed by atoms with van der Waals surface area (Å²) in [5.41, 5.74) is 1.49. The molecule has 1 aliphatic carbocycles. The van der Waals surface area contributed by atoms with Crippen LogP contribution in [0.25, 0.3) is 0 Å². The summed E-state index contributed by atoms with van der Waals surface area (Å²) in [5, 5.41) is 6.01. The first kappa shape index (κ1) is 20.5. The van der Waals surface area contributed by atoms with Crippen molar-refractivity contribution in [3.63, 3.8) is 0 Å². The van der Waals surface area contributed by atoms with Gasteiger partial charge in [0.2, 0.25) is 11.8 Å². The summed E-state index contributed by atoms with van der Waals surface area (Å²) in [5.74, 6) is 0.550. The van der Waals surface area contributed by atoms with Crippen molar-refractivity contribution in [3.8, 4) is 5.75 Å².